The van der Waals surface area contributed by atoms with E-state index in [0.29, 0.717) is 16.5 Å². The molecule has 2 aromatic carbocycles. The zero-order chi connectivity index (χ0) is 30.6. The molecule has 0 spiro atoms. The third kappa shape index (κ3) is 5.99. The number of rotatable bonds is 11. The molecule has 0 amide bonds. The second-order valence-electron chi connectivity index (χ2n) is 8.77. The van der Waals surface area contributed by atoms with Gasteiger partial charge in [0.05, 0.1) is 27.3 Å². The Morgan fingerprint density at radius 3 is 2.56 bits per heavy atom. The van der Waals surface area contributed by atoms with Crippen molar-refractivity contribution in [1.82, 2.24) is 33.9 Å². The summed E-state index contributed by atoms with van der Waals surface area (Å²) in [7, 11) is -3.93. The molecule has 0 saturated heterocycles. The maximum absolute atomic E-state index is 13.5. The van der Waals surface area contributed by atoms with Crippen LogP contribution in [-0.4, -0.2) is 66.5 Å². The van der Waals surface area contributed by atoms with E-state index in [2.05, 4.69) is 31.0 Å². The number of hydrazone groups is 1. The zero-order valence-electron chi connectivity index (χ0n) is 22.8. The predicted octanol–water partition coefficient (Wildman–Crippen LogP) is 3.21. The first-order valence-corrected chi connectivity index (χ1v) is 15.1. The second kappa shape index (κ2) is 12.5. The van der Waals surface area contributed by atoms with Gasteiger partial charge >= 0.3 is 0 Å². The molecule has 0 aliphatic carbocycles. The van der Waals surface area contributed by atoms with Gasteiger partial charge in [0, 0.05) is 25.4 Å². The summed E-state index contributed by atoms with van der Waals surface area (Å²) in [6.07, 6.45) is 2.75. The number of nitro groups is 1. The molecule has 3 aromatic heterocycles. The van der Waals surface area contributed by atoms with Crippen LogP contribution in [0.4, 0.5) is 11.4 Å². The predicted molar refractivity (Wildman–Crippen MR) is 159 cm³/mol. The van der Waals surface area contributed by atoms with Crippen molar-refractivity contribution in [3.8, 4) is 5.69 Å². The van der Waals surface area contributed by atoms with Gasteiger partial charge in [-0.25, -0.2) is 13.4 Å². The number of hydrogen-bond acceptors (Lipinski definition) is 12. The number of nitrogens with zero attached hydrogens (tertiary/aromatic N) is 9. The van der Waals surface area contributed by atoms with Crippen LogP contribution in [0, 0.1) is 10.1 Å². The highest BCUT2D eigenvalue weighted by molar-refractivity contribution is 7.99. The van der Waals surface area contributed by atoms with Gasteiger partial charge in [0.15, 0.2) is 0 Å². The number of pyridine rings is 1. The first-order chi connectivity index (χ1) is 20.7. The summed E-state index contributed by atoms with van der Waals surface area (Å²) in [6.45, 7) is 3.78. The molecule has 0 fully saturated rings. The molecule has 0 aliphatic heterocycles. The normalized spacial score (nSPS) is 11.9. The molecule has 0 unspecified atom stereocenters. The molecule has 0 aliphatic rings. The largest absolute Gasteiger partial charge is 0.295 e. The summed E-state index contributed by atoms with van der Waals surface area (Å²) in [5.74, 6) is 0. The number of benzene rings is 2. The summed E-state index contributed by atoms with van der Waals surface area (Å²) in [5.41, 5.74) is 2.67. The van der Waals surface area contributed by atoms with E-state index < -0.39 is 26.2 Å². The van der Waals surface area contributed by atoms with E-state index in [-0.39, 0.29) is 34.3 Å². The third-order valence-electron chi connectivity index (χ3n) is 6.25. The number of hydrogen-bond donors (Lipinski definition) is 1. The van der Waals surface area contributed by atoms with E-state index in [4.69, 9.17) is 0 Å². The fourth-order valence-electron chi connectivity index (χ4n) is 4.13. The topological polar surface area (TPSA) is 183 Å². The Morgan fingerprint density at radius 2 is 1.84 bits per heavy atom. The number of nitro benzene ring substituents is 1. The summed E-state index contributed by atoms with van der Waals surface area (Å²) in [6, 6.07) is 17.7. The minimum Gasteiger partial charge on any atom is -0.272 e. The van der Waals surface area contributed by atoms with Crippen LogP contribution < -0.4 is 11.0 Å². The minimum absolute atomic E-state index is 0.0622. The second-order valence-corrected chi connectivity index (χ2v) is 11.7. The third-order valence-corrected chi connectivity index (χ3v) is 9.24. The van der Waals surface area contributed by atoms with Crippen LogP contribution >= 0.6 is 11.8 Å². The van der Waals surface area contributed by atoms with Crippen LogP contribution in [0.15, 0.2) is 97.9 Å². The Labute approximate surface area is 249 Å². The van der Waals surface area contributed by atoms with E-state index in [1.807, 2.05) is 30.3 Å². The molecule has 0 radical (unpaired) electrons. The van der Waals surface area contributed by atoms with Crippen LogP contribution in [-0.2, 0) is 10.0 Å². The summed E-state index contributed by atoms with van der Waals surface area (Å²) >= 11 is 1.04. The van der Waals surface area contributed by atoms with Crippen molar-refractivity contribution in [2.45, 2.75) is 28.9 Å². The van der Waals surface area contributed by atoms with Crippen molar-refractivity contribution in [3.63, 3.8) is 0 Å². The molecule has 3 heterocycles. The average Bonchev–Trinajstić information content (AvgIpc) is 3.47. The lowest BCUT2D eigenvalue weighted by Crippen LogP contribution is -2.30. The lowest BCUT2D eigenvalue weighted by Gasteiger charge is -2.18. The molecule has 0 bridgehead atoms. The highest BCUT2D eigenvalue weighted by Crippen LogP contribution is 2.30. The summed E-state index contributed by atoms with van der Waals surface area (Å²) in [5, 5.41) is 28.4. The van der Waals surface area contributed by atoms with Gasteiger partial charge < -0.3 is 0 Å². The zero-order valence-corrected chi connectivity index (χ0v) is 24.4. The van der Waals surface area contributed by atoms with Gasteiger partial charge in [0.25, 0.3) is 11.2 Å². The minimum atomic E-state index is -3.93. The monoisotopic (exact) mass is 620 g/mol. The van der Waals surface area contributed by atoms with Crippen molar-refractivity contribution in [2.75, 3.05) is 18.5 Å². The SMILES string of the molecule is CCN(CC)S(=O)(=O)c1ccc(N/N=C/c2c(Sc3nnnn3-c3ccccc3)nc3ccccn3c2=O)c([N+](=O)[O-])c1. The molecule has 220 valence electrons. The van der Waals surface area contributed by atoms with E-state index in [9.17, 15) is 23.3 Å². The van der Waals surface area contributed by atoms with E-state index in [1.165, 1.54) is 31.7 Å². The molecule has 15 nitrogen and oxygen atoms in total. The maximum atomic E-state index is 13.5. The standard InChI is InChI=1S/C26H24N10O5S2/c1-3-33(4-2)43(40,41)19-13-14-21(22(16-19)36(38)39)29-27-17-20-24(28-23-12-8-9-15-34(23)25(20)37)42-26-30-31-32-35(26)18-10-6-5-7-11-18/h5-17,29H,3-4H2,1-2H3/b27-17+. The number of anilines is 1. The number of para-hydroxylation sites is 1. The highest BCUT2D eigenvalue weighted by Gasteiger charge is 2.26. The van der Waals surface area contributed by atoms with E-state index in [1.54, 1.807) is 38.2 Å². The van der Waals surface area contributed by atoms with Crippen LogP contribution in [0.3, 0.4) is 0 Å². The molecule has 5 rings (SSSR count). The summed E-state index contributed by atoms with van der Waals surface area (Å²) in [4.78, 5) is 29.0. The smallest absolute Gasteiger partial charge is 0.272 e. The number of aromatic nitrogens is 6. The van der Waals surface area contributed by atoms with Crippen LogP contribution in [0.5, 0.6) is 0 Å². The Bertz CT molecular complexity index is 1990. The molecule has 17 heteroatoms. The summed E-state index contributed by atoms with van der Waals surface area (Å²) < 4.78 is 29.8. The lowest BCUT2D eigenvalue weighted by molar-refractivity contribution is -0.384. The number of tetrazole rings is 1. The van der Waals surface area contributed by atoms with Crippen molar-refractivity contribution in [3.05, 3.63) is 99.0 Å². The Hall–Kier alpha value is -5.00. The van der Waals surface area contributed by atoms with Gasteiger partial charge in [-0.15, -0.1) is 5.10 Å². The van der Waals surface area contributed by atoms with Crippen molar-refractivity contribution in [2.24, 2.45) is 5.10 Å². The van der Waals surface area contributed by atoms with Gasteiger partial charge in [-0.05, 0) is 58.6 Å². The molecular weight excluding hydrogens is 596 g/mol. The molecule has 0 saturated carbocycles. The maximum Gasteiger partial charge on any atom is 0.295 e. The van der Waals surface area contributed by atoms with Crippen molar-refractivity contribution in [1.29, 1.82) is 0 Å². The van der Waals surface area contributed by atoms with E-state index >= 15 is 0 Å². The van der Waals surface area contributed by atoms with Crippen LogP contribution in [0.25, 0.3) is 11.3 Å². The van der Waals surface area contributed by atoms with Crippen molar-refractivity contribution >= 4 is 45.0 Å². The van der Waals surface area contributed by atoms with Gasteiger partial charge in [-0.1, -0.05) is 38.1 Å². The molecule has 0 atom stereocenters. The fraction of sp³-hybridized carbons (Fsp3) is 0.154. The van der Waals surface area contributed by atoms with Crippen LogP contribution in [0.1, 0.15) is 19.4 Å². The molecule has 43 heavy (non-hydrogen) atoms. The molecular formula is C26H24N10O5S2. The van der Waals surface area contributed by atoms with Gasteiger partial charge in [-0.3, -0.25) is 24.7 Å². The van der Waals surface area contributed by atoms with E-state index in [0.717, 1.165) is 17.8 Å². The fourth-order valence-corrected chi connectivity index (χ4v) is 6.47. The Kier molecular flexibility index (Phi) is 8.56. The lowest BCUT2D eigenvalue weighted by atomic mass is 10.3. The average molecular weight is 621 g/mol. The quantitative estimate of drug-likeness (QED) is 0.0990. The van der Waals surface area contributed by atoms with Gasteiger partial charge in [0.1, 0.15) is 16.4 Å². The highest BCUT2D eigenvalue weighted by atomic mass is 32.2. The van der Waals surface area contributed by atoms with Crippen LogP contribution in [0.2, 0.25) is 0 Å². The molecule has 5 aromatic rings. The number of sulfonamides is 1. The number of fused-ring (bicyclic) bond motifs is 1. The molecule has 1 N–H and O–H groups in total. The van der Waals surface area contributed by atoms with Gasteiger partial charge in [-0.2, -0.15) is 14.1 Å². The van der Waals surface area contributed by atoms with Gasteiger partial charge in [0.2, 0.25) is 15.2 Å². The Morgan fingerprint density at radius 1 is 1.09 bits per heavy atom. The first kappa shape index (κ1) is 29.5. The number of nitrogens with one attached hydrogen (secondary N) is 1. The Balaban J connectivity index is 1.51. The van der Waals surface area contributed by atoms with Crippen molar-refractivity contribution < 1.29 is 13.3 Å². The first-order valence-electron chi connectivity index (χ1n) is 12.8.